The molecule has 1 aromatic carbocycles. The third-order valence-electron chi connectivity index (χ3n) is 5.46. The van der Waals surface area contributed by atoms with Gasteiger partial charge in [0.15, 0.2) is 0 Å². The van der Waals surface area contributed by atoms with Gasteiger partial charge in [-0.3, -0.25) is 14.3 Å². The zero-order chi connectivity index (χ0) is 21.6. The van der Waals surface area contributed by atoms with Gasteiger partial charge in [0.2, 0.25) is 5.91 Å². The fourth-order valence-corrected chi connectivity index (χ4v) is 4.70. The Labute approximate surface area is 186 Å². The van der Waals surface area contributed by atoms with Crippen LogP contribution in [0.4, 0.5) is 0 Å². The van der Waals surface area contributed by atoms with Crippen molar-refractivity contribution in [1.29, 1.82) is 0 Å². The van der Waals surface area contributed by atoms with Gasteiger partial charge >= 0.3 is 5.69 Å². The van der Waals surface area contributed by atoms with Gasteiger partial charge < -0.3 is 5.32 Å². The molecule has 3 aromatic rings. The minimum absolute atomic E-state index is 0.0588. The Balaban J connectivity index is 1.46. The van der Waals surface area contributed by atoms with Gasteiger partial charge in [0.1, 0.15) is 5.03 Å². The van der Waals surface area contributed by atoms with Crippen LogP contribution in [-0.4, -0.2) is 26.2 Å². The summed E-state index contributed by atoms with van der Waals surface area (Å²) in [6, 6.07) is 11.9. The van der Waals surface area contributed by atoms with Crippen LogP contribution in [0.25, 0.3) is 0 Å². The highest BCUT2D eigenvalue weighted by Crippen LogP contribution is 2.28. The van der Waals surface area contributed by atoms with Crippen molar-refractivity contribution in [2.45, 2.75) is 50.7 Å². The number of hydrogen-bond donors (Lipinski definition) is 1. The summed E-state index contributed by atoms with van der Waals surface area (Å²) in [7, 11) is 0. The number of pyridine rings is 1. The monoisotopic (exact) mass is 434 g/mol. The summed E-state index contributed by atoms with van der Waals surface area (Å²) in [4.78, 5) is 33.7. The number of benzene rings is 1. The lowest BCUT2D eigenvalue weighted by atomic mass is 9.97. The first-order chi connectivity index (χ1) is 15.1. The number of nitrogens with zero attached hydrogens (tertiary/aromatic N) is 3. The molecule has 1 N–H and O–H groups in total. The average molecular weight is 435 g/mol. The van der Waals surface area contributed by atoms with Crippen molar-refractivity contribution in [3.63, 3.8) is 0 Å². The second kappa shape index (κ2) is 9.92. The van der Waals surface area contributed by atoms with Gasteiger partial charge in [0.05, 0.1) is 12.3 Å². The summed E-state index contributed by atoms with van der Waals surface area (Å²) in [6.45, 7) is 3.01. The number of carbonyl (C=O) groups excluding carboxylic acids is 1. The van der Waals surface area contributed by atoms with Gasteiger partial charge in [-0.05, 0) is 49.8 Å². The number of aryl methyl sites for hydroxylation is 1. The molecule has 6 nitrogen and oxygen atoms in total. The van der Waals surface area contributed by atoms with Gasteiger partial charge in [-0.25, -0.2) is 4.79 Å². The maximum absolute atomic E-state index is 12.8. The van der Waals surface area contributed by atoms with Crippen molar-refractivity contribution in [2.24, 2.45) is 0 Å². The summed E-state index contributed by atoms with van der Waals surface area (Å²) >= 11 is 1.36. The normalized spacial score (nSPS) is 12.9. The highest BCUT2D eigenvalue weighted by atomic mass is 32.2. The minimum Gasteiger partial charge on any atom is -0.351 e. The molecular formula is C24H26N4O2S. The van der Waals surface area contributed by atoms with Crippen LogP contribution in [0.1, 0.15) is 40.8 Å². The second-order valence-corrected chi connectivity index (χ2v) is 8.79. The number of hydrogen-bond acceptors (Lipinski definition) is 5. The van der Waals surface area contributed by atoms with E-state index < -0.39 is 0 Å². The molecule has 7 heteroatoms. The quantitative estimate of drug-likeness (QED) is 0.456. The van der Waals surface area contributed by atoms with E-state index in [1.54, 1.807) is 17.0 Å². The van der Waals surface area contributed by atoms with E-state index in [-0.39, 0.29) is 17.3 Å². The second-order valence-electron chi connectivity index (χ2n) is 7.83. The molecule has 2 aromatic heterocycles. The molecule has 1 aliphatic carbocycles. The number of aromatic nitrogens is 3. The topological polar surface area (TPSA) is 76.9 Å². The molecule has 160 valence electrons. The van der Waals surface area contributed by atoms with Crippen LogP contribution in [0.2, 0.25) is 0 Å². The van der Waals surface area contributed by atoms with E-state index in [1.807, 2.05) is 43.3 Å². The molecule has 0 saturated heterocycles. The van der Waals surface area contributed by atoms with Crippen LogP contribution >= 0.6 is 11.8 Å². The molecule has 2 heterocycles. The smallest absolute Gasteiger partial charge is 0.349 e. The third kappa shape index (κ3) is 5.41. The maximum Gasteiger partial charge on any atom is 0.349 e. The van der Waals surface area contributed by atoms with Gasteiger partial charge in [0.25, 0.3) is 0 Å². The number of nitrogens with one attached hydrogen (secondary N) is 1. The lowest BCUT2D eigenvalue weighted by molar-refractivity contribution is -0.118. The van der Waals surface area contributed by atoms with E-state index in [0.29, 0.717) is 18.1 Å². The van der Waals surface area contributed by atoms with Gasteiger partial charge in [-0.2, -0.15) is 4.98 Å². The Kier molecular flexibility index (Phi) is 6.82. The van der Waals surface area contributed by atoms with Crippen LogP contribution in [0.5, 0.6) is 0 Å². The number of fused-ring (bicyclic) bond motifs is 1. The van der Waals surface area contributed by atoms with Crippen LogP contribution < -0.4 is 11.0 Å². The molecule has 0 aliphatic heterocycles. The van der Waals surface area contributed by atoms with Crippen molar-refractivity contribution in [3.05, 3.63) is 87.2 Å². The van der Waals surface area contributed by atoms with Crippen LogP contribution in [0.3, 0.4) is 0 Å². The first kappa shape index (κ1) is 21.3. The molecule has 0 atom stereocenters. The van der Waals surface area contributed by atoms with Crippen molar-refractivity contribution in [1.82, 2.24) is 19.9 Å². The molecule has 0 saturated carbocycles. The summed E-state index contributed by atoms with van der Waals surface area (Å²) in [5.41, 5.74) is 5.16. The van der Waals surface area contributed by atoms with E-state index >= 15 is 0 Å². The predicted molar refractivity (Wildman–Crippen MR) is 122 cm³/mol. The molecule has 0 unspecified atom stereocenters. The maximum atomic E-state index is 12.8. The molecule has 0 spiro atoms. The highest BCUT2D eigenvalue weighted by Gasteiger charge is 2.21. The van der Waals surface area contributed by atoms with E-state index in [1.165, 1.54) is 17.3 Å². The Bertz CT molecular complexity index is 1110. The van der Waals surface area contributed by atoms with Crippen molar-refractivity contribution in [2.75, 3.05) is 5.75 Å². The van der Waals surface area contributed by atoms with Crippen LogP contribution in [0, 0.1) is 6.92 Å². The SMILES string of the molecule is Cc1ccc(CNC(=O)CSc2nc(=O)n(Cc3cccnc3)c3c2CCCC3)cc1. The first-order valence-corrected chi connectivity index (χ1v) is 11.6. The average Bonchev–Trinajstić information content (AvgIpc) is 2.80. The van der Waals surface area contributed by atoms with Gasteiger partial charge in [-0.15, -0.1) is 0 Å². The summed E-state index contributed by atoms with van der Waals surface area (Å²) in [5.74, 6) is 0.189. The lowest BCUT2D eigenvalue weighted by Gasteiger charge is -2.22. The molecule has 0 bridgehead atoms. The summed E-state index contributed by atoms with van der Waals surface area (Å²) in [5, 5.41) is 3.65. The molecule has 1 aliphatic rings. The summed E-state index contributed by atoms with van der Waals surface area (Å²) < 4.78 is 1.77. The van der Waals surface area contributed by atoms with Crippen molar-refractivity contribution in [3.8, 4) is 0 Å². The van der Waals surface area contributed by atoms with Crippen LogP contribution in [-0.2, 0) is 30.7 Å². The number of thioether (sulfide) groups is 1. The van der Waals surface area contributed by atoms with Crippen LogP contribution in [0.15, 0.2) is 58.6 Å². The minimum atomic E-state index is -0.257. The molecule has 0 fully saturated rings. The van der Waals surface area contributed by atoms with E-state index in [0.717, 1.165) is 48.1 Å². The zero-order valence-corrected chi connectivity index (χ0v) is 18.5. The van der Waals surface area contributed by atoms with Crippen molar-refractivity contribution < 1.29 is 4.79 Å². The zero-order valence-electron chi connectivity index (χ0n) is 17.6. The standard InChI is InChI=1S/C24H26N4O2S/c1-17-8-10-18(11-9-17)14-26-22(29)16-31-23-20-6-2-3-7-21(20)28(24(30)27-23)15-19-5-4-12-25-13-19/h4-5,8-13H,2-3,6-7,14-16H2,1H3,(H,26,29). The van der Waals surface area contributed by atoms with E-state index in [4.69, 9.17) is 0 Å². The largest absolute Gasteiger partial charge is 0.351 e. The highest BCUT2D eigenvalue weighted by molar-refractivity contribution is 7.99. The predicted octanol–water partition coefficient (Wildman–Crippen LogP) is 3.28. The molecular weight excluding hydrogens is 408 g/mol. The lowest BCUT2D eigenvalue weighted by Crippen LogP contribution is -2.31. The number of rotatable bonds is 7. The third-order valence-corrected chi connectivity index (χ3v) is 6.48. The fraction of sp³-hybridized carbons (Fsp3) is 0.333. The Morgan fingerprint density at radius 1 is 1.13 bits per heavy atom. The van der Waals surface area contributed by atoms with Gasteiger partial charge in [0, 0.05) is 30.2 Å². The molecule has 1 amide bonds. The molecule has 0 radical (unpaired) electrons. The molecule has 4 rings (SSSR count). The Morgan fingerprint density at radius 2 is 1.94 bits per heavy atom. The molecule has 31 heavy (non-hydrogen) atoms. The van der Waals surface area contributed by atoms with E-state index in [9.17, 15) is 9.59 Å². The number of amides is 1. The van der Waals surface area contributed by atoms with Gasteiger partial charge in [-0.1, -0.05) is 47.7 Å². The fourth-order valence-electron chi connectivity index (χ4n) is 3.80. The van der Waals surface area contributed by atoms with E-state index in [2.05, 4.69) is 15.3 Å². The summed E-state index contributed by atoms with van der Waals surface area (Å²) in [6.07, 6.45) is 7.40. The Hall–Kier alpha value is -2.93. The first-order valence-electron chi connectivity index (χ1n) is 10.6. The number of carbonyl (C=O) groups is 1. The Morgan fingerprint density at radius 3 is 2.71 bits per heavy atom. The van der Waals surface area contributed by atoms with Crippen molar-refractivity contribution >= 4 is 17.7 Å².